The number of hydrogen-bond donors (Lipinski definition) is 0. The molecule has 1 atom stereocenters. The van der Waals surface area contributed by atoms with Gasteiger partial charge in [0.25, 0.3) is 10.2 Å². The van der Waals surface area contributed by atoms with Gasteiger partial charge in [0, 0.05) is 31.1 Å². The Morgan fingerprint density at radius 3 is 2.41 bits per heavy atom. The minimum Gasteiger partial charge on any atom is -0.228 e. The lowest BCUT2D eigenvalue weighted by Crippen LogP contribution is -2.43. The summed E-state index contributed by atoms with van der Waals surface area (Å²) in [6.45, 7) is 1.41. The molecule has 9 heteroatoms. The fourth-order valence-electron chi connectivity index (χ4n) is 3.03. The highest BCUT2D eigenvalue weighted by Gasteiger charge is 2.38. The maximum atomic E-state index is 12.6. The fraction of sp³-hybridized carbons (Fsp3) is 0.692. The van der Waals surface area contributed by atoms with Gasteiger partial charge < -0.3 is 0 Å². The molecule has 0 amide bonds. The van der Waals surface area contributed by atoms with Crippen molar-refractivity contribution in [2.45, 2.75) is 24.5 Å². The molecular weight excluding hydrogens is 344 g/mol. The molecule has 1 unspecified atom stereocenters. The molecule has 3 heterocycles. The van der Waals surface area contributed by atoms with Crippen LogP contribution in [-0.2, 0) is 20.0 Å². The molecule has 0 N–H and O–H groups in total. The average Bonchev–Trinajstić information content (AvgIpc) is 3.12. The summed E-state index contributed by atoms with van der Waals surface area (Å²) in [5, 5.41) is 1.28. The van der Waals surface area contributed by atoms with Crippen LogP contribution in [0.1, 0.15) is 29.4 Å². The standard InChI is InChI=1S/C13H20N2O4S3/c16-21(17)11-9-15(22(18,19)14-6-1-2-7-14)8-5-13(21)12-4-3-10-20-12/h3-4,10,13H,1-2,5-9,11H2. The zero-order valence-corrected chi connectivity index (χ0v) is 14.7. The molecule has 2 aliphatic rings. The maximum Gasteiger partial charge on any atom is 0.282 e. The Kier molecular flexibility index (Phi) is 4.61. The second-order valence-corrected chi connectivity index (χ2v) is 10.9. The Labute approximate surface area is 135 Å². The molecule has 0 spiro atoms. The highest BCUT2D eigenvalue weighted by atomic mass is 32.2. The average molecular weight is 365 g/mol. The number of thiophene rings is 1. The van der Waals surface area contributed by atoms with Crippen LogP contribution in [0.4, 0.5) is 0 Å². The van der Waals surface area contributed by atoms with Gasteiger partial charge in [-0.3, -0.25) is 0 Å². The number of nitrogens with zero attached hydrogens (tertiary/aromatic N) is 2. The minimum absolute atomic E-state index is 0.0586. The zero-order valence-electron chi connectivity index (χ0n) is 12.2. The van der Waals surface area contributed by atoms with Gasteiger partial charge >= 0.3 is 0 Å². The van der Waals surface area contributed by atoms with Crippen LogP contribution in [0.2, 0.25) is 0 Å². The Bertz CT molecular complexity index is 706. The Morgan fingerprint density at radius 2 is 1.77 bits per heavy atom. The topological polar surface area (TPSA) is 74.8 Å². The van der Waals surface area contributed by atoms with E-state index in [2.05, 4.69) is 0 Å². The second kappa shape index (κ2) is 6.20. The molecule has 3 rings (SSSR count). The van der Waals surface area contributed by atoms with Crippen molar-refractivity contribution in [3.8, 4) is 0 Å². The smallest absolute Gasteiger partial charge is 0.228 e. The summed E-state index contributed by atoms with van der Waals surface area (Å²) in [5.41, 5.74) is 0. The number of sulfone groups is 1. The predicted molar refractivity (Wildman–Crippen MR) is 86.8 cm³/mol. The van der Waals surface area contributed by atoms with Crippen LogP contribution < -0.4 is 0 Å². The van der Waals surface area contributed by atoms with Crippen molar-refractivity contribution < 1.29 is 16.8 Å². The highest BCUT2D eigenvalue weighted by molar-refractivity contribution is 7.92. The van der Waals surface area contributed by atoms with Gasteiger partial charge in [0.2, 0.25) is 0 Å². The van der Waals surface area contributed by atoms with Crippen LogP contribution in [0.5, 0.6) is 0 Å². The molecule has 1 aromatic heterocycles. The van der Waals surface area contributed by atoms with E-state index in [1.54, 1.807) is 0 Å². The molecule has 0 saturated carbocycles. The van der Waals surface area contributed by atoms with Gasteiger partial charge in [0.1, 0.15) is 0 Å². The number of hydrogen-bond acceptors (Lipinski definition) is 5. The van der Waals surface area contributed by atoms with Crippen molar-refractivity contribution in [3.63, 3.8) is 0 Å². The molecule has 2 fully saturated rings. The monoisotopic (exact) mass is 364 g/mol. The number of rotatable bonds is 3. The van der Waals surface area contributed by atoms with Crippen LogP contribution in [0.15, 0.2) is 17.5 Å². The summed E-state index contributed by atoms with van der Waals surface area (Å²) in [7, 11) is -6.84. The van der Waals surface area contributed by atoms with Gasteiger partial charge in [-0.1, -0.05) is 6.07 Å². The van der Waals surface area contributed by atoms with E-state index >= 15 is 0 Å². The summed E-state index contributed by atoms with van der Waals surface area (Å²) >= 11 is 1.42. The molecule has 2 saturated heterocycles. The van der Waals surface area contributed by atoms with E-state index in [9.17, 15) is 16.8 Å². The van der Waals surface area contributed by atoms with Crippen molar-refractivity contribution in [3.05, 3.63) is 22.4 Å². The van der Waals surface area contributed by atoms with Crippen LogP contribution in [0.3, 0.4) is 0 Å². The lowest BCUT2D eigenvalue weighted by Gasteiger charge is -2.25. The van der Waals surface area contributed by atoms with E-state index in [1.165, 1.54) is 19.9 Å². The third kappa shape index (κ3) is 3.09. The largest absolute Gasteiger partial charge is 0.282 e. The zero-order chi connectivity index (χ0) is 15.8. The normalized spacial score (nSPS) is 27.7. The first-order chi connectivity index (χ1) is 10.4. The van der Waals surface area contributed by atoms with Crippen molar-refractivity contribution in [1.29, 1.82) is 0 Å². The summed E-state index contributed by atoms with van der Waals surface area (Å²) in [4.78, 5) is 0.806. The van der Waals surface area contributed by atoms with Crippen molar-refractivity contribution in [1.82, 2.24) is 8.61 Å². The van der Waals surface area contributed by atoms with Gasteiger partial charge in [0.15, 0.2) is 9.84 Å². The predicted octanol–water partition coefficient (Wildman–Crippen LogP) is 1.25. The lowest BCUT2D eigenvalue weighted by atomic mass is 10.2. The first-order valence-corrected chi connectivity index (χ1v) is 11.4. The SMILES string of the molecule is O=S1(=O)CCN(S(=O)(=O)N2CCCC2)CCC1c1cccs1. The minimum atomic E-state index is -3.52. The third-order valence-corrected chi connectivity index (χ3v) is 9.56. The van der Waals surface area contributed by atoms with Gasteiger partial charge in [-0.05, 0) is 30.7 Å². The van der Waals surface area contributed by atoms with Crippen LogP contribution >= 0.6 is 11.3 Å². The summed E-state index contributed by atoms with van der Waals surface area (Å²) in [5.74, 6) is -0.108. The van der Waals surface area contributed by atoms with Gasteiger partial charge in [0.05, 0.1) is 11.0 Å². The first-order valence-electron chi connectivity index (χ1n) is 7.41. The van der Waals surface area contributed by atoms with E-state index in [0.717, 1.165) is 17.7 Å². The van der Waals surface area contributed by atoms with Crippen LogP contribution in [0.25, 0.3) is 0 Å². The van der Waals surface area contributed by atoms with Crippen molar-refractivity contribution >= 4 is 31.4 Å². The summed E-state index contributed by atoms with van der Waals surface area (Å²) in [6, 6.07) is 3.65. The molecule has 124 valence electrons. The molecule has 0 radical (unpaired) electrons. The van der Waals surface area contributed by atoms with Crippen molar-refractivity contribution in [2.24, 2.45) is 0 Å². The highest BCUT2D eigenvalue weighted by Crippen LogP contribution is 2.33. The molecule has 0 bridgehead atoms. The van der Waals surface area contributed by atoms with Crippen LogP contribution in [-0.4, -0.2) is 57.4 Å². The van der Waals surface area contributed by atoms with Gasteiger partial charge in [-0.2, -0.15) is 17.0 Å². The summed E-state index contributed by atoms with van der Waals surface area (Å²) in [6.07, 6.45) is 2.09. The van der Waals surface area contributed by atoms with Crippen LogP contribution in [0, 0.1) is 0 Å². The quantitative estimate of drug-likeness (QED) is 0.809. The second-order valence-electron chi connectivity index (χ2n) is 5.67. The fourth-order valence-corrected chi connectivity index (χ4v) is 7.85. The molecule has 1 aromatic rings. The van der Waals surface area contributed by atoms with E-state index in [4.69, 9.17) is 0 Å². The molecular formula is C13H20N2O4S3. The van der Waals surface area contributed by atoms with Gasteiger partial charge in [-0.25, -0.2) is 8.42 Å². The Balaban J connectivity index is 1.82. The molecule has 0 aromatic carbocycles. The Hall–Kier alpha value is -0.480. The Morgan fingerprint density at radius 1 is 1.09 bits per heavy atom. The van der Waals surface area contributed by atoms with Gasteiger partial charge in [-0.15, -0.1) is 11.3 Å². The first kappa shape index (κ1) is 16.4. The summed E-state index contributed by atoms with van der Waals surface area (Å²) < 4.78 is 53.0. The molecule has 2 aliphatic heterocycles. The molecule has 6 nitrogen and oxygen atoms in total. The lowest BCUT2D eigenvalue weighted by molar-refractivity contribution is 0.370. The van der Waals surface area contributed by atoms with E-state index in [-0.39, 0.29) is 18.8 Å². The third-order valence-electron chi connectivity index (χ3n) is 4.28. The van der Waals surface area contributed by atoms with Crippen molar-refractivity contribution in [2.75, 3.05) is 31.9 Å². The maximum absolute atomic E-state index is 12.6. The molecule has 22 heavy (non-hydrogen) atoms. The molecule has 0 aliphatic carbocycles. The van der Waals surface area contributed by atoms with E-state index in [0.29, 0.717) is 19.5 Å². The van der Waals surface area contributed by atoms with E-state index in [1.807, 2.05) is 17.5 Å². The van der Waals surface area contributed by atoms with E-state index < -0.39 is 25.3 Å².